The molecule has 4 nitrogen and oxygen atoms in total. The number of para-hydroxylation sites is 1. The number of hydrogen-bond acceptors (Lipinski definition) is 4. The Labute approximate surface area is 100 Å². The molecule has 0 atom stereocenters. The lowest BCUT2D eigenvalue weighted by Crippen LogP contribution is -2.08. The van der Waals surface area contributed by atoms with Crippen LogP contribution in [0, 0.1) is 0 Å². The highest BCUT2D eigenvalue weighted by Crippen LogP contribution is 2.29. The molecule has 0 amide bonds. The van der Waals surface area contributed by atoms with Crippen molar-refractivity contribution in [1.29, 1.82) is 0 Å². The second-order valence-electron chi connectivity index (χ2n) is 3.61. The second-order valence-corrected chi connectivity index (χ2v) is 3.61. The summed E-state index contributed by atoms with van der Waals surface area (Å²) >= 11 is 0. The van der Waals surface area contributed by atoms with Crippen LogP contribution in [0.5, 0.6) is 5.75 Å². The number of fused-ring (bicyclic) bond motifs is 1. The molecule has 0 aliphatic carbocycles. The van der Waals surface area contributed by atoms with Crippen LogP contribution in [0.25, 0.3) is 10.9 Å². The molecule has 0 saturated carbocycles. The van der Waals surface area contributed by atoms with Crippen molar-refractivity contribution in [3.8, 4) is 5.75 Å². The van der Waals surface area contributed by atoms with Crippen molar-refractivity contribution in [2.75, 3.05) is 25.6 Å². The lowest BCUT2D eigenvalue weighted by Gasteiger charge is -2.11. The number of pyridine rings is 1. The molecule has 0 radical (unpaired) electrons. The first-order chi connectivity index (χ1) is 8.33. The molecule has 0 saturated heterocycles. The molecule has 0 aliphatic heterocycles. The van der Waals surface area contributed by atoms with Gasteiger partial charge in [0.25, 0.3) is 0 Å². The summed E-state index contributed by atoms with van der Waals surface area (Å²) in [5.41, 5.74) is 7.31. The van der Waals surface area contributed by atoms with Gasteiger partial charge in [-0.25, -0.2) is 0 Å². The molecule has 1 heterocycles. The van der Waals surface area contributed by atoms with Crippen LogP contribution in [-0.4, -0.2) is 24.8 Å². The van der Waals surface area contributed by atoms with Gasteiger partial charge in [-0.3, -0.25) is 4.98 Å². The first-order valence-corrected chi connectivity index (χ1v) is 5.66. The molecule has 1 aromatic carbocycles. The van der Waals surface area contributed by atoms with Crippen LogP contribution in [0.1, 0.15) is 6.92 Å². The van der Waals surface area contributed by atoms with E-state index < -0.39 is 0 Å². The second kappa shape index (κ2) is 5.50. The normalized spacial score (nSPS) is 10.6. The molecule has 0 bridgehead atoms. The van der Waals surface area contributed by atoms with Gasteiger partial charge in [0, 0.05) is 12.0 Å². The van der Waals surface area contributed by atoms with Crippen LogP contribution in [0.4, 0.5) is 5.69 Å². The number of nitrogens with two attached hydrogens (primary N) is 1. The number of nitrogens with zero attached hydrogens (tertiary/aromatic N) is 1. The van der Waals surface area contributed by atoms with Crippen molar-refractivity contribution in [3.05, 3.63) is 30.5 Å². The van der Waals surface area contributed by atoms with E-state index in [-0.39, 0.29) is 0 Å². The predicted octanol–water partition coefficient (Wildman–Crippen LogP) is 2.23. The topological polar surface area (TPSA) is 57.4 Å². The highest BCUT2D eigenvalue weighted by atomic mass is 16.5. The van der Waals surface area contributed by atoms with Crippen LogP contribution in [0.15, 0.2) is 30.5 Å². The molecule has 0 unspecified atom stereocenters. The fourth-order valence-electron chi connectivity index (χ4n) is 1.64. The Hall–Kier alpha value is -1.81. The zero-order valence-electron chi connectivity index (χ0n) is 9.85. The number of ether oxygens (including phenoxy) is 2. The van der Waals surface area contributed by atoms with Crippen LogP contribution in [0.3, 0.4) is 0 Å². The molecule has 4 heteroatoms. The number of rotatable bonds is 5. The predicted molar refractivity (Wildman–Crippen MR) is 68.1 cm³/mol. The summed E-state index contributed by atoms with van der Waals surface area (Å²) in [6.45, 7) is 3.70. The number of nitrogen functional groups attached to an aromatic ring is 1. The van der Waals surface area contributed by atoms with Crippen molar-refractivity contribution in [1.82, 2.24) is 4.98 Å². The van der Waals surface area contributed by atoms with Crippen LogP contribution < -0.4 is 10.5 Å². The van der Waals surface area contributed by atoms with Gasteiger partial charge in [0.05, 0.1) is 24.0 Å². The maximum atomic E-state index is 5.87. The Balaban J connectivity index is 2.22. The third-order valence-electron chi connectivity index (χ3n) is 2.43. The monoisotopic (exact) mass is 232 g/mol. The first-order valence-electron chi connectivity index (χ1n) is 5.66. The number of hydrogen-bond donors (Lipinski definition) is 1. The summed E-state index contributed by atoms with van der Waals surface area (Å²) in [4.78, 5) is 4.25. The molecule has 0 spiro atoms. The van der Waals surface area contributed by atoms with E-state index in [2.05, 4.69) is 4.98 Å². The maximum Gasteiger partial charge on any atom is 0.153 e. The lowest BCUT2D eigenvalue weighted by atomic mass is 10.2. The van der Waals surface area contributed by atoms with Crippen molar-refractivity contribution < 1.29 is 9.47 Å². The quantitative estimate of drug-likeness (QED) is 0.803. The van der Waals surface area contributed by atoms with Gasteiger partial charge in [0.15, 0.2) is 5.75 Å². The van der Waals surface area contributed by atoms with Crippen molar-refractivity contribution >= 4 is 16.6 Å². The van der Waals surface area contributed by atoms with Gasteiger partial charge >= 0.3 is 0 Å². The summed E-state index contributed by atoms with van der Waals surface area (Å²) in [6.07, 6.45) is 1.62. The first kappa shape index (κ1) is 11.7. The highest BCUT2D eigenvalue weighted by molar-refractivity contribution is 5.89. The van der Waals surface area contributed by atoms with Gasteiger partial charge in [-0.2, -0.15) is 0 Å². The number of benzene rings is 1. The molecule has 1 aromatic heterocycles. The summed E-state index contributed by atoms with van der Waals surface area (Å²) in [6, 6.07) is 7.77. The zero-order chi connectivity index (χ0) is 12.1. The summed E-state index contributed by atoms with van der Waals surface area (Å²) in [7, 11) is 0. The van der Waals surface area contributed by atoms with E-state index in [9.17, 15) is 0 Å². The molecule has 2 rings (SSSR count). The SMILES string of the molecule is CCOCCOc1c(N)cnc2ccccc12. The van der Waals surface area contributed by atoms with E-state index >= 15 is 0 Å². The number of anilines is 1. The van der Waals surface area contributed by atoms with E-state index in [1.165, 1.54) is 0 Å². The summed E-state index contributed by atoms with van der Waals surface area (Å²) < 4.78 is 10.9. The molecule has 17 heavy (non-hydrogen) atoms. The fraction of sp³-hybridized carbons (Fsp3) is 0.308. The Kier molecular flexibility index (Phi) is 3.77. The van der Waals surface area contributed by atoms with Gasteiger partial charge in [-0.05, 0) is 19.1 Å². The van der Waals surface area contributed by atoms with Crippen LogP contribution in [0.2, 0.25) is 0 Å². The maximum absolute atomic E-state index is 5.87. The fourth-order valence-corrected chi connectivity index (χ4v) is 1.64. The van der Waals surface area contributed by atoms with Crippen LogP contribution >= 0.6 is 0 Å². The third kappa shape index (κ3) is 2.65. The standard InChI is InChI=1S/C13H16N2O2/c1-2-16-7-8-17-13-10-5-3-4-6-12(10)15-9-11(13)14/h3-6,9H,2,7-8,14H2,1H3. The minimum Gasteiger partial charge on any atom is -0.488 e. The minimum atomic E-state index is 0.492. The highest BCUT2D eigenvalue weighted by Gasteiger charge is 2.07. The summed E-state index contributed by atoms with van der Waals surface area (Å²) in [5, 5.41) is 0.934. The van der Waals surface area contributed by atoms with E-state index in [0.717, 1.165) is 10.9 Å². The zero-order valence-corrected chi connectivity index (χ0v) is 9.85. The van der Waals surface area contributed by atoms with Crippen LogP contribution in [-0.2, 0) is 4.74 Å². The van der Waals surface area contributed by atoms with E-state index in [0.29, 0.717) is 31.3 Å². The van der Waals surface area contributed by atoms with Gasteiger partial charge in [-0.1, -0.05) is 12.1 Å². The largest absolute Gasteiger partial charge is 0.488 e. The molecular formula is C13H16N2O2. The molecule has 0 aliphatic rings. The third-order valence-corrected chi connectivity index (χ3v) is 2.43. The molecule has 90 valence electrons. The molecule has 2 N–H and O–H groups in total. The Morgan fingerprint density at radius 3 is 2.88 bits per heavy atom. The lowest BCUT2D eigenvalue weighted by molar-refractivity contribution is 0.111. The smallest absolute Gasteiger partial charge is 0.153 e. The van der Waals surface area contributed by atoms with E-state index in [1.807, 2.05) is 31.2 Å². The minimum absolute atomic E-state index is 0.492. The van der Waals surface area contributed by atoms with E-state index in [4.69, 9.17) is 15.2 Å². The van der Waals surface area contributed by atoms with Gasteiger partial charge < -0.3 is 15.2 Å². The Morgan fingerprint density at radius 1 is 1.24 bits per heavy atom. The van der Waals surface area contributed by atoms with Crippen molar-refractivity contribution in [2.24, 2.45) is 0 Å². The Bertz CT molecular complexity index is 500. The van der Waals surface area contributed by atoms with Gasteiger partial charge in [-0.15, -0.1) is 0 Å². The van der Waals surface area contributed by atoms with Gasteiger partial charge in [0.2, 0.25) is 0 Å². The average Bonchev–Trinajstić information content (AvgIpc) is 2.37. The molecule has 0 fully saturated rings. The van der Waals surface area contributed by atoms with Crippen molar-refractivity contribution in [2.45, 2.75) is 6.92 Å². The molecular weight excluding hydrogens is 216 g/mol. The van der Waals surface area contributed by atoms with Crippen molar-refractivity contribution in [3.63, 3.8) is 0 Å². The van der Waals surface area contributed by atoms with Gasteiger partial charge in [0.1, 0.15) is 6.61 Å². The summed E-state index contributed by atoms with van der Waals surface area (Å²) in [5.74, 6) is 0.690. The molecule has 2 aromatic rings. The average molecular weight is 232 g/mol. The van der Waals surface area contributed by atoms with E-state index in [1.54, 1.807) is 6.20 Å². The number of aromatic nitrogens is 1. The Morgan fingerprint density at radius 2 is 2.06 bits per heavy atom.